The molecule has 8 heteroatoms. The zero-order chi connectivity index (χ0) is 24.7. The molecule has 8 nitrogen and oxygen atoms in total. The minimum Gasteiger partial charge on any atom is -0.507 e. The zero-order valence-corrected chi connectivity index (χ0v) is 20.1. The largest absolute Gasteiger partial charge is 0.507 e. The van der Waals surface area contributed by atoms with Gasteiger partial charge in [0.05, 0.1) is 31.4 Å². The van der Waals surface area contributed by atoms with Crippen LogP contribution in [-0.4, -0.2) is 60.2 Å². The van der Waals surface area contributed by atoms with Crippen molar-refractivity contribution >= 4 is 17.4 Å². The monoisotopic (exact) mass is 468 g/mol. The van der Waals surface area contributed by atoms with Gasteiger partial charge in [0, 0.05) is 31.6 Å². The lowest BCUT2D eigenvalue weighted by atomic mass is 9.95. The first-order chi connectivity index (χ1) is 16.4. The summed E-state index contributed by atoms with van der Waals surface area (Å²) in [6.45, 7) is 7.53. The molecule has 0 bridgehead atoms. The number of likely N-dealkylation sites (tertiary alicyclic amines) is 1. The van der Waals surface area contributed by atoms with Crippen LogP contribution in [0, 0.1) is 5.92 Å². The molecule has 0 aliphatic carbocycles. The third kappa shape index (κ3) is 5.56. The second-order valence-corrected chi connectivity index (χ2v) is 8.39. The number of Topliss-reactive ketones (excluding diaryl/α,β-unsaturated/α-hetero) is 1. The number of carbonyl (C=O) groups is 2. The Hall–Kier alpha value is -3.39. The fraction of sp³-hybridized carbons (Fsp3) is 0.423. The summed E-state index contributed by atoms with van der Waals surface area (Å²) in [5.74, 6) is -0.0675. The van der Waals surface area contributed by atoms with Crippen LogP contribution in [0.4, 0.5) is 0 Å². The van der Waals surface area contributed by atoms with Crippen LogP contribution < -0.4 is 9.47 Å². The highest BCUT2D eigenvalue weighted by Gasteiger charge is 2.46. The molecule has 1 aromatic heterocycles. The first-order valence-electron chi connectivity index (χ1n) is 11.5. The number of benzene rings is 1. The van der Waals surface area contributed by atoms with E-state index in [1.165, 1.54) is 24.4 Å². The molecule has 1 atom stereocenters. The summed E-state index contributed by atoms with van der Waals surface area (Å²) in [6.07, 6.45) is 3.93. The minimum absolute atomic E-state index is 0.0169. The van der Waals surface area contributed by atoms with Crippen molar-refractivity contribution in [2.24, 2.45) is 5.92 Å². The van der Waals surface area contributed by atoms with Crippen LogP contribution in [-0.2, 0) is 14.3 Å². The van der Waals surface area contributed by atoms with Crippen molar-refractivity contribution in [1.29, 1.82) is 0 Å². The maximum atomic E-state index is 13.0. The number of hydrogen-bond acceptors (Lipinski definition) is 7. The molecule has 0 saturated carbocycles. The van der Waals surface area contributed by atoms with E-state index in [9.17, 15) is 14.7 Å². The molecule has 3 rings (SSSR count). The summed E-state index contributed by atoms with van der Waals surface area (Å²) in [5.41, 5.74) is 1.05. The van der Waals surface area contributed by atoms with Gasteiger partial charge in [-0.2, -0.15) is 0 Å². The zero-order valence-electron chi connectivity index (χ0n) is 20.1. The number of ketones is 1. The van der Waals surface area contributed by atoms with E-state index >= 15 is 0 Å². The van der Waals surface area contributed by atoms with Gasteiger partial charge in [-0.15, -0.1) is 0 Å². The predicted molar refractivity (Wildman–Crippen MR) is 128 cm³/mol. The molecule has 1 unspecified atom stereocenters. The molecule has 2 aromatic rings. The average Bonchev–Trinajstić information content (AvgIpc) is 3.08. The van der Waals surface area contributed by atoms with Gasteiger partial charge in [0.1, 0.15) is 5.76 Å². The first kappa shape index (κ1) is 25.2. The summed E-state index contributed by atoms with van der Waals surface area (Å²) in [6, 6.07) is 7.72. The van der Waals surface area contributed by atoms with Gasteiger partial charge in [0.15, 0.2) is 11.5 Å². The molecule has 1 amide bonds. The van der Waals surface area contributed by atoms with E-state index in [2.05, 4.69) is 18.8 Å². The Morgan fingerprint density at radius 2 is 1.82 bits per heavy atom. The van der Waals surface area contributed by atoms with Crippen LogP contribution >= 0.6 is 0 Å². The lowest BCUT2D eigenvalue weighted by molar-refractivity contribution is -0.140. The molecular formula is C26H32N2O6. The Kier molecular flexibility index (Phi) is 8.65. The number of aromatic nitrogens is 1. The van der Waals surface area contributed by atoms with Gasteiger partial charge in [-0.3, -0.25) is 14.6 Å². The van der Waals surface area contributed by atoms with Crippen molar-refractivity contribution in [3.05, 3.63) is 59.4 Å². The Morgan fingerprint density at radius 1 is 1.09 bits per heavy atom. The topological polar surface area (TPSA) is 98.2 Å². The summed E-state index contributed by atoms with van der Waals surface area (Å²) in [5, 5.41) is 11.0. The van der Waals surface area contributed by atoms with Gasteiger partial charge in [0.25, 0.3) is 11.7 Å². The molecule has 0 radical (unpaired) electrons. The predicted octanol–water partition coefficient (Wildman–Crippen LogP) is 3.97. The van der Waals surface area contributed by atoms with Crippen LogP contribution in [0.25, 0.3) is 5.76 Å². The van der Waals surface area contributed by atoms with Crippen molar-refractivity contribution in [1.82, 2.24) is 9.88 Å². The minimum atomic E-state index is -0.799. The van der Waals surface area contributed by atoms with Crippen molar-refractivity contribution in [2.75, 3.05) is 33.5 Å². The number of nitrogens with zero attached hydrogens (tertiary/aromatic N) is 2. The molecule has 1 aliphatic rings. The smallest absolute Gasteiger partial charge is 0.295 e. The number of ether oxygens (including phenoxy) is 3. The Labute approximate surface area is 200 Å². The lowest BCUT2D eigenvalue weighted by Gasteiger charge is -2.26. The normalized spacial score (nSPS) is 17.4. The van der Waals surface area contributed by atoms with Crippen molar-refractivity contribution in [3.63, 3.8) is 0 Å². The van der Waals surface area contributed by atoms with E-state index in [-0.39, 0.29) is 24.5 Å². The summed E-state index contributed by atoms with van der Waals surface area (Å²) < 4.78 is 16.9. The summed E-state index contributed by atoms with van der Waals surface area (Å²) in [4.78, 5) is 31.3. The maximum Gasteiger partial charge on any atom is 0.295 e. The van der Waals surface area contributed by atoms with Crippen molar-refractivity contribution in [3.8, 4) is 11.5 Å². The number of methoxy groups -OCH3 is 1. The third-order valence-corrected chi connectivity index (χ3v) is 5.57. The number of aliphatic hydroxyl groups excluding tert-OH is 1. The van der Waals surface area contributed by atoms with Gasteiger partial charge in [-0.05, 0) is 49.1 Å². The number of pyridine rings is 1. The number of amides is 1. The molecule has 1 aromatic carbocycles. The van der Waals surface area contributed by atoms with E-state index < -0.39 is 17.7 Å². The van der Waals surface area contributed by atoms with E-state index in [0.717, 1.165) is 6.42 Å². The second-order valence-electron chi connectivity index (χ2n) is 8.39. The van der Waals surface area contributed by atoms with Gasteiger partial charge in [-0.25, -0.2) is 0 Å². The molecule has 0 spiro atoms. The Balaban J connectivity index is 2.08. The molecule has 182 valence electrons. The Morgan fingerprint density at radius 3 is 2.47 bits per heavy atom. The molecular weight excluding hydrogens is 436 g/mol. The van der Waals surface area contributed by atoms with E-state index in [1.54, 1.807) is 30.3 Å². The Bertz CT molecular complexity index is 1030. The third-order valence-electron chi connectivity index (χ3n) is 5.57. The maximum absolute atomic E-state index is 13.0. The quantitative estimate of drug-likeness (QED) is 0.303. The summed E-state index contributed by atoms with van der Waals surface area (Å²) >= 11 is 0. The van der Waals surface area contributed by atoms with Gasteiger partial charge in [-0.1, -0.05) is 19.9 Å². The second kappa shape index (κ2) is 11.7. The van der Waals surface area contributed by atoms with Crippen LogP contribution in [0.3, 0.4) is 0 Å². The van der Waals surface area contributed by atoms with Gasteiger partial charge >= 0.3 is 0 Å². The number of aliphatic hydroxyl groups is 1. The average molecular weight is 469 g/mol. The number of hydrogen-bond donors (Lipinski definition) is 1. The van der Waals surface area contributed by atoms with Crippen LogP contribution in [0.15, 0.2) is 48.3 Å². The van der Waals surface area contributed by atoms with Gasteiger partial charge in [0.2, 0.25) is 0 Å². The highest BCUT2D eigenvalue weighted by Crippen LogP contribution is 2.42. The fourth-order valence-electron chi connectivity index (χ4n) is 3.80. The SMILES string of the molecule is CCOc1cc(C2C(=C(O)c3ccncc3)C(=O)C(=O)N2CCOC)ccc1OCCC(C)C. The molecule has 1 saturated heterocycles. The molecule has 1 aliphatic heterocycles. The van der Waals surface area contributed by atoms with E-state index in [0.29, 0.717) is 41.8 Å². The van der Waals surface area contributed by atoms with Crippen LogP contribution in [0.1, 0.15) is 44.4 Å². The first-order valence-corrected chi connectivity index (χ1v) is 11.5. The highest BCUT2D eigenvalue weighted by atomic mass is 16.5. The van der Waals surface area contributed by atoms with Crippen LogP contribution in [0.2, 0.25) is 0 Å². The van der Waals surface area contributed by atoms with Crippen molar-refractivity contribution < 1.29 is 28.9 Å². The molecule has 34 heavy (non-hydrogen) atoms. The number of rotatable bonds is 11. The molecule has 2 heterocycles. The number of carbonyl (C=O) groups excluding carboxylic acids is 2. The molecule has 1 fully saturated rings. The lowest BCUT2D eigenvalue weighted by Crippen LogP contribution is -2.32. The van der Waals surface area contributed by atoms with Gasteiger partial charge < -0.3 is 24.2 Å². The highest BCUT2D eigenvalue weighted by molar-refractivity contribution is 6.46. The van der Waals surface area contributed by atoms with Crippen LogP contribution in [0.5, 0.6) is 11.5 Å². The summed E-state index contributed by atoms with van der Waals surface area (Å²) in [7, 11) is 1.53. The standard InChI is InChI=1S/C26H32N2O6/c1-5-33-21-16-19(6-7-20(21)34-14-10-17(2)3)23-22(24(29)18-8-11-27-12-9-18)25(30)26(31)28(23)13-15-32-4/h6-9,11-12,16-17,23,29H,5,10,13-15H2,1-4H3. The fourth-order valence-corrected chi connectivity index (χ4v) is 3.80. The molecule has 1 N–H and O–H groups in total. The van der Waals surface area contributed by atoms with Crippen molar-refractivity contribution in [2.45, 2.75) is 33.2 Å². The van der Waals surface area contributed by atoms with E-state index in [1.807, 2.05) is 6.92 Å². The van der Waals surface area contributed by atoms with E-state index in [4.69, 9.17) is 14.2 Å².